The first-order chi connectivity index (χ1) is 14.5. The van der Waals surface area contributed by atoms with Crippen LogP contribution in [0.4, 0.5) is 31.3 Å². The Bertz CT molecular complexity index is 959. The Labute approximate surface area is 177 Å². The zero-order valence-corrected chi connectivity index (χ0v) is 16.7. The maximum absolute atomic E-state index is 13.9. The first kappa shape index (κ1) is 23.0. The summed E-state index contributed by atoms with van der Waals surface area (Å²) in [4.78, 5) is 12.7. The van der Waals surface area contributed by atoms with Gasteiger partial charge >= 0.3 is 18.0 Å². The molecular weight excluding hydrogens is 448 g/mol. The molecule has 5 nitrogen and oxygen atoms in total. The summed E-state index contributed by atoms with van der Waals surface area (Å²) < 4.78 is 88.0. The monoisotopic (exact) mass is 465 g/mol. The van der Waals surface area contributed by atoms with E-state index >= 15 is 0 Å². The summed E-state index contributed by atoms with van der Waals surface area (Å²) in [7, 11) is 0. The van der Waals surface area contributed by atoms with Crippen LogP contribution in [0.25, 0.3) is 0 Å². The molecule has 0 bridgehead atoms. The number of anilines is 1. The van der Waals surface area contributed by atoms with Crippen LogP contribution in [-0.2, 0) is 12.8 Å². The Balaban J connectivity index is 2.10. The van der Waals surface area contributed by atoms with E-state index in [1.807, 2.05) is 0 Å². The molecule has 1 aliphatic rings. The van der Waals surface area contributed by atoms with Crippen molar-refractivity contribution in [3.63, 3.8) is 0 Å². The quantitative estimate of drug-likeness (QED) is 0.460. The summed E-state index contributed by atoms with van der Waals surface area (Å²) in [6, 6.07) is 3.83. The van der Waals surface area contributed by atoms with Gasteiger partial charge in [0, 0.05) is 4.88 Å². The van der Waals surface area contributed by atoms with Crippen molar-refractivity contribution < 1.29 is 35.6 Å². The highest BCUT2D eigenvalue weighted by Crippen LogP contribution is 2.46. The van der Waals surface area contributed by atoms with Gasteiger partial charge in [-0.2, -0.15) is 31.6 Å². The fourth-order valence-corrected chi connectivity index (χ4v) is 4.71. The fraction of sp³-hybridized carbons (Fsp3) is 0.474. The molecule has 0 saturated heterocycles. The number of aryl methyl sites for hydroxylation is 1. The number of nitrogens with zero attached hydrogens (tertiary/aromatic N) is 1. The fourth-order valence-electron chi connectivity index (χ4n) is 3.41. The molecule has 2 N–H and O–H groups in total. The maximum atomic E-state index is 13.9. The highest BCUT2D eigenvalue weighted by Gasteiger charge is 2.73. The number of hydrogen-bond acceptors (Lipinski definition) is 5. The Morgan fingerprint density at radius 1 is 1.06 bits per heavy atom. The topological polar surface area (TPSA) is 78.1 Å². The van der Waals surface area contributed by atoms with E-state index in [9.17, 15) is 36.4 Å². The number of rotatable bonds is 4. The second kappa shape index (κ2) is 8.45. The third kappa shape index (κ3) is 4.37. The standard InChI is InChI=1S/C19H17F6N3O2S/c20-18(21,22)17(19(23,24)25,27-15(29)13-7-5-9-30-13)28-16-12(10-26)11-6-3-1-2-4-8-14(11)31-16/h5,7,9,28H,1-4,6,8H2,(H,27,29). The van der Waals surface area contributed by atoms with Gasteiger partial charge in [-0.05, 0) is 43.4 Å². The van der Waals surface area contributed by atoms with Gasteiger partial charge in [0.2, 0.25) is 0 Å². The summed E-state index contributed by atoms with van der Waals surface area (Å²) in [5.41, 5.74) is -4.62. The molecule has 0 atom stereocenters. The van der Waals surface area contributed by atoms with Crippen LogP contribution in [0.15, 0.2) is 22.8 Å². The van der Waals surface area contributed by atoms with Crippen LogP contribution in [-0.4, -0.2) is 23.9 Å². The predicted molar refractivity (Wildman–Crippen MR) is 99.5 cm³/mol. The number of nitrogens with one attached hydrogen (secondary N) is 2. The van der Waals surface area contributed by atoms with Crippen LogP contribution in [0.1, 0.15) is 52.2 Å². The van der Waals surface area contributed by atoms with E-state index in [2.05, 4.69) is 4.42 Å². The number of halogens is 6. The summed E-state index contributed by atoms with van der Waals surface area (Å²) >= 11 is 0.684. The van der Waals surface area contributed by atoms with E-state index in [1.165, 1.54) is 5.32 Å². The van der Waals surface area contributed by atoms with Crippen LogP contribution in [0.2, 0.25) is 0 Å². The van der Waals surface area contributed by atoms with Crippen LogP contribution in [0, 0.1) is 11.3 Å². The Hall–Kier alpha value is -2.68. The van der Waals surface area contributed by atoms with Crippen molar-refractivity contribution in [3.05, 3.63) is 40.2 Å². The molecule has 0 unspecified atom stereocenters. The smallest absolute Gasteiger partial charge is 0.439 e. The van der Waals surface area contributed by atoms with Crippen molar-refractivity contribution >= 4 is 22.2 Å². The second-order valence-corrected chi connectivity index (χ2v) is 8.14. The van der Waals surface area contributed by atoms with Crippen molar-refractivity contribution in [2.75, 3.05) is 5.32 Å². The Kier molecular flexibility index (Phi) is 6.27. The number of thiophene rings is 1. The van der Waals surface area contributed by atoms with Gasteiger partial charge in [0.25, 0.3) is 5.91 Å². The molecule has 0 saturated carbocycles. The third-order valence-electron chi connectivity index (χ3n) is 4.98. The molecule has 0 aliphatic heterocycles. The van der Waals surface area contributed by atoms with Crippen molar-refractivity contribution in [1.82, 2.24) is 5.32 Å². The van der Waals surface area contributed by atoms with Crippen LogP contribution in [0.3, 0.4) is 0 Å². The first-order valence-corrected chi connectivity index (χ1v) is 10.1. The number of carbonyl (C=O) groups is 1. The molecule has 1 aliphatic carbocycles. The van der Waals surface area contributed by atoms with Gasteiger partial charge in [0.1, 0.15) is 11.1 Å². The highest BCUT2D eigenvalue weighted by molar-refractivity contribution is 7.16. The minimum absolute atomic E-state index is 0.257. The van der Waals surface area contributed by atoms with Crippen LogP contribution < -0.4 is 10.6 Å². The van der Waals surface area contributed by atoms with Crippen molar-refractivity contribution in [1.29, 1.82) is 5.26 Å². The van der Waals surface area contributed by atoms with Gasteiger partial charge in [-0.1, -0.05) is 12.8 Å². The number of furan rings is 1. The van der Waals surface area contributed by atoms with Gasteiger partial charge in [-0.15, -0.1) is 11.3 Å². The van der Waals surface area contributed by atoms with Gasteiger partial charge in [-0.3, -0.25) is 4.79 Å². The lowest BCUT2D eigenvalue weighted by Gasteiger charge is -2.38. The van der Waals surface area contributed by atoms with Crippen molar-refractivity contribution in [2.24, 2.45) is 0 Å². The van der Waals surface area contributed by atoms with E-state index in [4.69, 9.17) is 0 Å². The Morgan fingerprint density at radius 2 is 1.71 bits per heavy atom. The van der Waals surface area contributed by atoms with Gasteiger partial charge < -0.3 is 15.1 Å². The number of amides is 1. The highest BCUT2D eigenvalue weighted by atomic mass is 32.1. The predicted octanol–water partition coefficient (Wildman–Crippen LogP) is 5.53. The largest absolute Gasteiger partial charge is 0.459 e. The van der Waals surface area contributed by atoms with Crippen molar-refractivity contribution in [2.45, 2.75) is 56.5 Å². The first-order valence-electron chi connectivity index (χ1n) is 9.32. The van der Waals surface area contributed by atoms with E-state index in [-0.39, 0.29) is 5.56 Å². The molecule has 3 rings (SSSR count). The van der Waals surface area contributed by atoms with Gasteiger partial charge in [0.05, 0.1) is 11.8 Å². The molecule has 1 amide bonds. The Morgan fingerprint density at radius 3 is 2.26 bits per heavy atom. The lowest BCUT2D eigenvalue weighted by atomic mass is 9.97. The SMILES string of the molecule is N#Cc1c(NC(NC(=O)c2ccco2)(C(F)(F)F)C(F)(F)F)sc2c1CCCCCC2. The lowest BCUT2D eigenvalue weighted by molar-refractivity contribution is -0.294. The lowest BCUT2D eigenvalue weighted by Crippen LogP contribution is -2.72. The molecule has 0 radical (unpaired) electrons. The molecule has 0 spiro atoms. The molecule has 31 heavy (non-hydrogen) atoms. The molecule has 12 heteroatoms. The number of carbonyl (C=O) groups excluding carboxylic acids is 1. The molecule has 0 aromatic carbocycles. The molecule has 2 heterocycles. The van der Waals surface area contributed by atoms with Crippen molar-refractivity contribution in [3.8, 4) is 6.07 Å². The zero-order chi connectivity index (χ0) is 22.9. The number of nitriles is 1. The third-order valence-corrected chi connectivity index (χ3v) is 6.19. The molecule has 2 aromatic rings. The van der Waals surface area contributed by atoms with E-state index in [0.29, 0.717) is 41.0 Å². The van der Waals surface area contributed by atoms with E-state index in [1.54, 1.807) is 6.07 Å². The van der Waals surface area contributed by atoms with E-state index in [0.717, 1.165) is 43.0 Å². The zero-order valence-electron chi connectivity index (χ0n) is 15.9. The minimum atomic E-state index is -5.99. The summed E-state index contributed by atoms with van der Waals surface area (Å²) in [5.74, 6) is -2.43. The average molecular weight is 465 g/mol. The van der Waals surface area contributed by atoms with Gasteiger partial charge in [-0.25, -0.2) is 0 Å². The normalized spacial score (nSPS) is 15.4. The van der Waals surface area contributed by atoms with Crippen LogP contribution >= 0.6 is 11.3 Å². The minimum Gasteiger partial charge on any atom is -0.459 e. The summed E-state index contributed by atoms with van der Waals surface area (Å²) in [6.07, 6.45) is -7.05. The molecule has 0 fully saturated rings. The molecular formula is C19H17F6N3O2S. The molecule has 2 aromatic heterocycles. The van der Waals surface area contributed by atoms with Crippen LogP contribution in [0.5, 0.6) is 0 Å². The number of alkyl halides is 6. The summed E-state index contributed by atoms with van der Waals surface area (Å²) in [5, 5.41) is 11.4. The summed E-state index contributed by atoms with van der Waals surface area (Å²) in [6.45, 7) is 0. The number of hydrogen-bond donors (Lipinski definition) is 2. The molecule has 168 valence electrons. The van der Waals surface area contributed by atoms with Gasteiger partial charge in [0.15, 0.2) is 5.76 Å². The number of fused-ring (bicyclic) bond motifs is 1. The maximum Gasteiger partial charge on any atom is 0.439 e. The average Bonchev–Trinajstić information content (AvgIpc) is 3.27. The van der Waals surface area contributed by atoms with E-state index < -0.39 is 34.7 Å². The second-order valence-electron chi connectivity index (χ2n) is 7.04.